The lowest BCUT2D eigenvalue weighted by molar-refractivity contribution is 0.0986. The van der Waals surface area contributed by atoms with Crippen molar-refractivity contribution in [2.24, 2.45) is 0 Å². The molecule has 0 heterocycles. The molecule has 2 nitrogen and oxygen atoms in total. The molecule has 1 N–H and O–H groups in total. The van der Waals surface area contributed by atoms with Crippen molar-refractivity contribution in [2.45, 2.75) is 6.42 Å². The first-order valence-electron chi connectivity index (χ1n) is 5.93. The highest BCUT2D eigenvalue weighted by atomic mass is 35.5. The zero-order valence-corrected chi connectivity index (χ0v) is 11.0. The van der Waals surface area contributed by atoms with Crippen molar-refractivity contribution < 1.29 is 9.18 Å². The summed E-state index contributed by atoms with van der Waals surface area (Å²) in [4.78, 5) is 11.8. The number of carbonyl (C=O) groups excluding carboxylic acids is 1. The summed E-state index contributed by atoms with van der Waals surface area (Å²) in [6.45, 7) is 0.526. The van der Waals surface area contributed by atoms with Gasteiger partial charge >= 0.3 is 0 Å². The lowest BCUT2D eigenvalue weighted by Gasteiger charge is -2.06. The van der Waals surface area contributed by atoms with Crippen molar-refractivity contribution in [3.05, 3.63) is 64.9 Å². The molecule has 0 amide bonds. The van der Waals surface area contributed by atoms with Crippen molar-refractivity contribution in [3.8, 4) is 0 Å². The first-order valence-corrected chi connectivity index (χ1v) is 6.31. The molecule has 0 radical (unpaired) electrons. The monoisotopic (exact) mass is 277 g/mol. The Kier molecular flexibility index (Phi) is 4.53. The lowest BCUT2D eigenvalue weighted by atomic mass is 10.1. The van der Waals surface area contributed by atoms with Gasteiger partial charge in [0.05, 0.1) is 0 Å². The van der Waals surface area contributed by atoms with Crippen LogP contribution in [0, 0.1) is 5.82 Å². The summed E-state index contributed by atoms with van der Waals surface area (Å²) in [6, 6.07) is 12.9. The average Bonchev–Trinajstić information content (AvgIpc) is 2.41. The minimum absolute atomic E-state index is 0.0125. The third-order valence-electron chi connectivity index (χ3n) is 2.69. The maximum Gasteiger partial charge on any atom is 0.164 e. The predicted molar refractivity (Wildman–Crippen MR) is 75.3 cm³/mol. The number of rotatable bonds is 5. The number of hydrogen-bond donors (Lipinski definition) is 1. The Hall–Kier alpha value is -1.87. The van der Waals surface area contributed by atoms with Gasteiger partial charge in [0.15, 0.2) is 5.78 Å². The summed E-state index contributed by atoms with van der Waals surface area (Å²) in [5.41, 5.74) is 1.44. The molecule has 0 fully saturated rings. The van der Waals surface area contributed by atoms with E-state index in [-0.39, 0.29) is 11.6 Å². The van der Waals surface area contributed by atoms with Crippen molar-refractivity contribution >= 4 is 23.1 Å². The Morgan fingerprint density at radius 2 is 1.68 bits per heavy atom. The Morgan fingerprint density at radius 3 is 2.32 bits per heavy atom. The van der Waals surface area contributed by atoms with Crippen molar-refractivity contribution in [2.75, 3.05) is 11.9 Å². The summed E-state index contributed by atoms with van der Waals surface area (Å²) < 4.78 is 12.7. The first kappa shape index (κ1) is 13.6. The third-order valence-corrected chi connectivity index (χ3v) is 2.94. The van der Waals surface area contributed by atoms with Crippen LogP contribution in [0.2, 0.25) is 5.02 Å². The topological polar surface area (TPSA) is 29.1 Å². The van der Waals surface area contributed by atoms with Crippen LogP contribution in [-0.4, -0.2) is 12.3 Å². The second-order valence-electron chi connectivity index (χ2n) is 4.11. The predicted octanol–water partition coefficient (Wildman–Crippen LogP) is 4.16. The molecule has 0 aliphatic heterocycles. The molecule has 0 saturated heterocycles. The van der Waals surface area contributed by atoms with E-state index in [9.17, 15) is 9.18 Å². The van der Waals surface area contributed by atoms with E-state index in [1.54, 1.807) is 12.1 Å². The molecule has 98 valence electrons. The number of hydrogen-bond acceptors (Lipinski definition) is 2. The average molecular weight is 278 g/mol. The number of halogens is 2. The highest BCUT2D eigenvalue weighted by molar-refractivity contribution is 6.30. The number of benzene rings is 2. The van der Waals surface area contributed by atoms with E-state index in [0.717, 1.165) is 5.69 Å². The molecule has 2 rings (SSSR count). The molecule has 0 bridgehead atoms. The number of ketones is 1. The van der Waals surface area contributed by atoms with Crippen LogP contribution in [0.15, 0.2) is 48.5 Å². The van der Waals surface area contributed by atoms with Gasteiger partial charge in [0.2, 0.25) is 0 Å². The number of Topliss-reactive ketones (excluding diaryl/α,β-unsaturated/α-hetero) is 1. The van der Waals surface area contributed by atoms with Gasteiger partial charge in [-0.15, -0.1) is 0 Å². The lowest BCUT2D eigenvalue weighted by Crippen LogP contribution is -2.08. The van der Waals surface area contributed by atoms with Crippen LogP contribution in [0.5, 0.6) is 0 Å². The SMILES string of the molecule is O=C(CCNc1ccc(Cl)cc1)c1ccc(F)cc1. The fraction of sp³-hybridized carbons (Fsp3) is 0.133. The molecular formula is C15H13ClFNO. The van der Waals surface area contributed by atoms with Crippen LogP contribution in [0.3, 0.4) is 0 Å². The second-order valence-corrected chi connectivity index (χ2v) is 4.55. The minimum Gasteiger partial charge on any atom is -0.385 e. The molecule has 19 heavy (non-hydrogen) atoms. The zero-order valence-electron chi connectivity index (χ0n) is 10.2. The van der Waals surface area contributed by atoms with Crippen molar-refractivity contribution in [1.29, 1.82) is 0 Å². The number of nitrogens with one attached hydrogen (secondary N) is 1. The van der Waals surface area contributed by atoms with E-state index in [1.807, 2.05) is 12.1 Å². The molecule has 2 aromatic carbocycles. The van der Waals surface area contributed by atoms with E-state index in [4.69, 9.17) is 11.6 Å². The Balaban J connectivity index is 1.84. The highest BCUT2D eigenvalue weighted by Gasteiger charge is 2.05. The Morgan fingerprint density at radius 1 is 1.05 bits per heavy atom. The fourth-order valence-corrected chi connectivity index (χ4v) is 1.79. The largest absolute Gasteiger partial charge is 0.385 e. The van der Waals surface area contributed by atoms with Gasteiger partial charge in [-0.2, -0.15) is 0 Å². The van der Waals surface area contributed by atoms with Gasteiger partial charge in [0.1, 0.15) is 5.82 Å². The highest BCUT2D eigenvalue weighted by Crippen LogP contribution is 2.13. The van der Waals surface area contributed by atoms with Gasteiger partial charge < -0.3 is 5.32 Å². The maximum absolute atomic E-state index is 12.7. The van der Waals surface area contributed by atoms with Gasteiger partial charge in [0, 0.05) is 29.2 Å². The molecule has 0 unspecified atom stereocenters. The van der Waals surface area contributed by atoms with Crippen LogP contribution >= 0.6 is 11.6 Å². The Labute approximate surface area is 116 Å². The van der Waals surface area contributed by atoms with Crippen LogP contribution < -0.4 is 5.32 Å². The second kappa shape index (κ2) is 6.34. The molecule has 2 aromatic rings. The molecule has 0 aliphatic rings. The summed E-state index contributed by atoms with van der Waals surface area (Å²) >= 11 is 5.78. The van der Waals surface area contributed by atoms with Gasteiger partial charge in [-0.3, -0.25) is 4.79 Å². The third kappa shape index (κ3) is 4.07. The van der Waals surface area contributed by atoms with E-state index in [0.29, 0.717) is 23.6 Å². The van der Waals surface area contributed by atoms with Gasteiger partial charge in [-0.1, -0.05) is 11.6 Å². The molecule has 0 aliphatic carbocycles. The first-order chi connectivity index (χ1) is 9.15. The standard InChI is InChI=1S/C15H13ClFNO/c16-12-3-7-14(8-4-12)18-10-9-15(19)11-1-5-13(17)6-2-11/h1-8,18H,9-10H2. The van der Waals surface area contributed by atoms with Crippen LogP contribution in [0.1, 0.15) is 16.8 Å². The fourth-order valence-electron chi connectivity index (χ4n) is 1.67. The normalized spacial score (nSPS) is 10.2. The van der Waals surface area contributed by atoms with Gasteiger partial charge in [0.25, 0.3) is 0 Å². The molecule has 0 atom stereocenters. The summed E-state index contributed by atoms with van der Waals surface area (Å²) in [6.07, 6.45) is 0.355. The molecular weight excluding hydrogens is 265 g/mol. The molecule has 0 saturated carbocycles. The van der Waals surface area contributed by atoms with E-state index >= 15 is 0 Å². The van der Waals surface area contributed by atoms with Crippen LogP contribution in [-0.2, 0) is 0 Å². The summed E-state index contributed by atoms with van der Waals surface area (Å²) in [7, 11) is 0. The number of carbonyl (C=O) groups is 1. The summed E-state index contributed by atoms with van der Waals surface area (Å²) in [5.74, 6) is -0.350. The quantitative estimate of drug-likeness (QED) is 0.831. The van der Waals surface area contributed by atoms with E-state index in [1.165, 1.54) is 24.3 Å². The maximum atomic E-state index is 12.7. The zero-order chi connectivity index (χ0) is 13.7. The molecule has 0 spiro atoms. The molecule has 0 aromatic heterocycles. The van der Waals surface area contributed by atoms with E-state index in [2.05, 4.69) is 5.32 Å². The smallest absolute Gasteiger partial charge is 0.164 e. The Bertz CT molecular complexity index is 551. The summed E-state index contributed by atoms with van der Waals surface area (Å²) in [5, 5.41) is 3.80. The van der Waals surface area contributed by atoms with Gasteiger partial charge in [-0.05, 0) is 48.5 Å². The minimum atomic E-state index is -0.337. The molecule has 4 heteroatoms. The van der Waals surface area contributed by atoms with Crippen LogP contribution in [0.4, 0.5) is 10.1 Å². The van der Waals surface area contributed by atoms with Crippen molar-refractivity contribution in [1.82, 2.24) is 0 Å². The number of anilines is 1. The van der Waals surface area contributed by atoms with Gasteiger partial charge in [-0.25, -0.2) is 4.39 Å². The van der Waals surface area contributed by atoms with Crippen LogP contribution in [0.25, 0.3) is 0 Å². The van der Waals surface area contributed by atoms with E-state index < -0.39 is 0 Å². The van der Waals surface area contributed by atoms with Crippen molar-refractivity contribution in [3.63, 3.8) is 0 Å².